The Balaban J connectivity index is 1.66. The van der Waals surface area contributed by atoms with Crippen molar-refractivity contribution in [2.75, 3.05) is 13.2 Å². The lowest BCUT2D eigenvalue weighted by Crippen LogP contribution is -2.67. The highest BCUT2D eigenvalue weighted by atomic mass is 16.5. The lowest BCUT2D eigenvalue weighted by Gasteiger charge is -2.54. The van der Waals surface area contributed by atoms with E-state index in [0.717, 1.165) is 25.5 Å². The quantitative estimate of drug-likeness (QED) is 0.663. The maximum Gasteiger partial charge on any atom is 0.191 e. The third-order valence-electron chi connectivity index (χ3n) is 5.28. The molecule has 4 heteroatoms. The van der Waals surface area contributed by atoms with Crippen LogP contribution in [0, 0.1) is 18.3 Å². The predicted octanol–water partition coefficient (Wildman–Crippen LogP) is 2.86. The highest BCUT2D eigenvalue weighted by molar-refractivity contribution is 5.80. The molecular formula is C19H29N3O. The van der Waals surface area contributed by atoms with E-state index in [0.29, 0.717) is 24.6 Å². The van der Waals surface area contributed by atoms with Crippen LogP contribution in [0.5, 0.6) is 0 Å². The van der Waals surface area contributed by atoms with E-state index in [-0.39, 0.29) is 5.41 Å². The van der Waals surface area contributed by atoms with E-state index in [4.69, 9.17) is 9.73 Å². The van der Waals surface area contributed by atoms with E-state index in [9.17, 15) is 0 Å². The molecule has 1 aromatic rings. The minimum atomic E-state index is 0.168. The minimum absolute atomic E-state index is 0.168. The predicted molar refractivity (Wildman–Crippen MR) is 94.5 cm³/mol. The number of nitrogens with one attached hydrogen (secondary N) is 2. The van der Waals surface area contributed by atoms with Gasteiger partial charge in [-0.05, 0) is 25.8 Å². The molecular weight excluding hydrogens is 286 g/mol. The minimum Gasteiger partial charge on any atom is -0.377 e. The lowest BCUT2D eigenvalue weighted by atomic mass is 9.57. The number of hydrogen-bond donors (Lipinski definition) is 2. The summed E-state index contributed by atoms with van der Waals surface area (Å²) in [7, 11) is 0. The third-order valence-corrected chi connectivity index (χ3v) is 5.28. The molecule has 1 heterocycles. The molecule has 3 atom stereocenters. The van der Waals surface area contributed by atoms with Gasteiger partial charge in [0.2, 0.25) is 0 Å². The molecule has 0 amide bonds. The molecule has 23 heavy (non-hydrogen) atoms. The third kappa shape index (κ3) is 3.23. The fourth-order valence-electron chi connectivity index (χ4n) is 3.95. The summed E-state index contributed by atoms with van der Waals surface area (Å²) < 4.78 is 5.88. The van der Waals surface area contributed by atoms with Crippen molar-refractivity contribution in [3.8, 4) is 0 Å². The van der Waals surface area contributed by atoms with Gasteiger partial charge in [-0.2, -0.15) is 0 Å². The Morgan fingerprint density at radius 1 is 1.30 bits per heavy atom. The topological polar surface area (TPSA) is 45.7 Å². The zero-order chi connectivity index (χ0) is 16.4. The molecule has 0 radical (unpaired) electrons. The van der Waals surface area contributed by atoms with E-state index < -0.39 is 0 Å². The van der Waals surface area contributed by atoms with E-state index in [2.05, 4.69) is 62.6 Å². The molecule has 1 saturated carbocycles. The van der Waals surface area contributed by atoms with Gasteiger partial charge in [0.05, 0.1) is 12.6 Å². The molecule has 126 valence electrons. The summed E-state index contributed by atoms with van der Waals surface area (Å²) in [5.41, 5.74) is 2.69. The normalized spacial score (nSPS) is 28.9. The van der Waals surface area contributed by atoms with Crippen LogP contribution in [0.4, 0.5) is 0 Å². The SMILES string of the molecule is CCNC(=NCc1ccc(C)cc1)NC1C2CCOC2C1(C)C. The van der Waals surface area contributed by atoms with Gasteiger partial charge in [-0.15, -0.1) is 0 Å². The van der Waals surface area contributed by atoms with Gasteiger partial charge in [-0.1, -0.05) is 43.7 Å². The maximum absolute atomic E-state index is 5.88. The van der Waals surface area contributed by atoms with E-state index in [1.165, 1.54) is 11.1 Å². The molecule has 1 aromatic carbocycles. The zero-order valence-electron chi connectivity index (χ0n) is 14.7. The summed E-state index contributed by atoms with van der Waals surface area (Å²) in [5, 5.41) is 7.04. The first-order valence-electron chi connectivity index (χ1n) is 8.74. The number of guanidine groups is 1. The molecule has 0 bridgehead atoms. The first-order chi connectivity index (χ1) is 11.0. The van der Waals surface area contributed by atoms with Crippen LogP contribution in [0.2, 0.25) is 0 Å². The molecule has 3 rings (SSSR count). The molecule has 2 N–H and O–H groups in total. The second kappa shape index (κ2) is 6.52. The molecule has 1 aliphatic carbocycles. The summed E-state index contributed by atoms with van der Waals surface area (Å²) in [6.45, 7) is 11.3. The Hall–Kier alpha value is -1.55. The highest BCUT2D eigenvalue weighted by Crippen LogP contribution is 2.52. The van der Waals surface area contributed by atoms with Gasteiger partial charge in [-0.25, -0.2) is 4.99 Å². The Kier molecular flexibility index (Phi) is 4.62. The molecule has 2 aliphatic rings. The van der Waals surface area contributed by atoms with Gasteiger partial charge in [-0.3, -0.25) is 0 Å². The Bertz CT molecular complexity index is 564. The average Bonchev–Trinajstić information content (AvgIpc) is 2.98. The van der Waals surface area contributed by atoms with Gasteiger partial charge in [0, 0.05) is 30.5 Å². The van der Waals surface area contributed by atoms with Crippen LogP contribution in [0.15, 0.2) is 29.3 Å². The molecule has 2 fully saturated rings. The number of ether oxygens (including phenoxy) is 1. The van der Waals surface area contributed by atoms with E-state index in [1.807, 2.05) is 0 Å². The van der Waals surface area contributed by atoms with Crippen molar-refractivity contribution in [1.82, 2.24) is 10.6 Å². The van der Waals surface area contributed by atoms with Crippen LogP contribution >= 0.6 is 0 Å². The summed E-state index contributed by atoms with van der Waals surface area (Å²) in [6, 6.07) is 9.01. The molecule has 3 unspecified atom stereocenters. The summed E-state index contributed by atoms with van der Waals surface area (Å²) in [4.78, 5) is 4.77. The van der Waals surface area contributed by atoms with Crippen LogP contribution in [-0.4, -0.2) is 31.3 Å². The van der Waals surface area contributed by atoms with Crippen molar-refractivity contribution in [2.24, 2.45) is 16.3 Å². The summed E-state index contributed by atoms with van der Waals surface area (Å²) in [5.74, 6) is 1.53. The van der Waals surface area contributed by atoms with Crippen molar-refractivity contribution >= 4 is 5.96 Å². The fraction of sp³-hybridized carbons (Fsp3) is 0.632. The smallest absolute Gasteiger partial charge is 0.191 e. The van der Waals surface area contributed by atoms with Crippen molar-refractivity contribution < 1.29 is 4.74 Å². The lowest BCUT2D eigenvalue weighted by molar-refractivity contribution is -0.106. The van der Waals surface area contributed by atoms with E-state index >= 15 is 0 Å². The number of fused-ring (bicyclic) bond motifs is 1. The van der Waals surface area contributed by atoms with Gasteiger partial charge < -0.3 is 15.4 Å². The van der Waals surface area contributed by atoms with Crippen molar-refractivity contribution in [3.05, 3.63) is 35.4 Å². The number of rotatable bonds is 4. The number of aliphatic imine (C=N–C) groups is 1. The monoisotopic (exact) mass is 315 g/mol. The van der Waals surface area contributed by atoms with Gasteiger partial charge in [0.25, 0.3) is 0 Å². The number of aryl methyl sites for hydroxylation is 1. The summed E-state index contributed by atoms with van der Waals surface area (Å²) >= 11 is 0. The largest absolute Gasteiger partial charge is 0.377 e. The Morgan fingerprint density at radius 2 is 2.04 bits per heavy atom. The first-order valence-corrected chi connectivity index (χ1v) is 8.74. The second-order valence-corrected chi connectivity index (χ2v) is 7.37. The molecule has 4 nitrogen and oxygen atoms in total. The Morgan fingerprint density at radius 3 is 2.74 bits per heavy atom. The van der Waals surface area contributed by atoms with Gasteiger partial charge in [0.1, 0.15) is 0 Å². The second-order valence-electron chi connectivity index (χ2n) is 7.37. The maximum atomic E-state index is 5.88. The average molecular weight is 315 g/mol. The molecule has 1 aliphatic heterocycles. The van der Waals surface area contributed by atoms with Crippen LogP contribution in [0.3, 0.4) is 0 Å². The fourth-order valence-corrected chi connectivity index (χ4v) is 3.95. The molecule has 0 aromatic heterocycles. The van der Waals surface area contributed by atoms with Crippen molar-refractivity contribution in [3.63, 3.8) is 0 Å². The van der Waals surface area contributed by atoms with Crippen molar-refractivity contribution in [2.45, 2.75) is 52.8 Å². The van der Waals surface area contributed by atoms with Crippen LogP contribution in [-0.2, 0) is 11.3 Å². The Labute approximate surface area is 139 Å². The number of benzene rings is 1. The van der Waals surface area contributed by atoms with Gasteiger partial charge >= 0.3 is 0 Å². The standard InChI is InChI=1S/C19H29N3O/c1-5-20-18(21-12-14-8-6-13(2)7-9-14)22-16-15-10-11-23-17(15)19(16,3)4/h6-9,15-17H,5,10-12H2,1-4H3,(H2,20,21,22). The number of nitrogens with zero attached hydrogens (tertiary/aromatic N) is 1. The highest BCUT2D eigenvalue weighted by Gasteiger charge is 2.59. The van der Waals surface area contributed by atoms with Crippen LogP contribution < -0.4 is 10.6 Å². The van der Waals surface area contributed by atoms with Crippen LogP contribution in [0.25, 0.3) is 0 Å². The van der Waals surface area contributed by atoms with E-state index in [1.54, 1.807) is 0 Å². The van der Waals surface area contributed by atoms with Crippen LogP contribution in [0.1, 0.15) is 38.3 Å². The number of hydrogen-bond acceptors (Lipinski definition) is 2. The van der Waals surface area contributed by atoms with Crippen molar-refractivity contribution in [1.29, 1.82) is 0 Å². The summed E-state index contributed by atoms with van der Waals surface area (Å²) in [6.07, 6.45) is 1.56. The molecule has 0 spiro atoms. The molecule has 1 saturated heterocycles. The first kappa shape index (κ1) is 16.3. The van der Waals surface area contributed by atoms with Gasteiger partial charge in [0.15, 0.2) is 5.96 Å². The zero-order valence-corrected chi connectivity index (χ0v) is 14.7.